The van der Waals surface area contributed by atoms with Crippen molar-refractivity contribution in [1.29, 1.82) is 0 Å². The Hall–Kier alpha value is -2.15. The molecule has 1 aliphatic heterocycles. The zero-order valence-corrected chi connectivity index (χ0v) is 11.7. The number of nitro groups is 1. The van der Waals surface area contributed by atoms with Gasteiger partial charge < -0.3 is 0 Å². The second-order valence-corrected chi connectivity index (χ2v) is 5.45. The predicted molar refractivity (Wildman–Crippen MR) is 76.0 cm³/mol. The number of imide groups is 1. The van der Waals surface area contributed by atoms with Crippen LogP contribution in [-0.2, 0) is 4.79 Å². The summed E-state index contributed by atoms with van der Waals surface area (Å²) in [6.07, 6.45) is 1.39. The summed E-state index contributed by atoms with van der Waals surface area (Å²) in [6.45, 7) is 3.48. The molecule has 1 aromatic rings. The van der Waals surface area contributed by atoms with Crippen molar-refractivity contribution in [2.75, 3.05) is 0 Å². The molecule has 0 radical (unpaired) electrons. The second-order valence-electron chi connectivity index (χ2n) is 4.46. The first kappa shape index (κ1) is 14.3. The van der Waals surface area contributed by atoms with Gasteiger partial charge in [0, 0.05) is 12.1 Å². The number of nitro benzene ring substituents is 1. The van der Waals surface area contributed by atoms with E-state index in [1.54, 1.807) is 32.0 Å². The SMILES string of the molecule is CC(C)N1C(=O)S/C(=C/c2ccccc2[N+](=O)[O-])C1=O. The van der Waals surface area contributed by atoms with Gasteiger partial charge in [-0.3, -0.25) is 24.6 Å². The van der Waals surface area contributed by atoms with Gasteiger partial charge in [-0.05, 0) is 37.8 Å². The number of nitrogens with zero attached hydrogens (tertiary/aromatic N) is 2. The van der Waals surface area contributed by atoms with Crippen LogP contribution in [0.5, 0.6) is 0 Å². The van der Waals surface area contributed by atoms with Crippen molar-refractivity contribution < 1.29 is 14.5 Å². The molecule has 0 atom stereocenters. The summed E-state index contributed by atoms with van der Waals surface area (Å²) in [5, 5.41) is 10.6. The topological polar surface area (TPSA) is 80.5 Å². The molecule has 1 fully saturated rings. The number of thioether (sulfide) groups is 1. The maximum Gasteiger partial charge on any atom is 0.293 e. The van der Waals surface area contributed by atoms with E-state index >= 15 is 0 Å². The summed E-state index contributed by atoms with van der Waals surface area (Å²) in [7, 11) is 0. The molecule has 2 rings (SSSR count). The summed E-state index contributed by atoms with van der Waals surface area (Å²) in [4.78, 5) is 35.6. The van der Waals surface area contributed by atoms with Gasteiger partial charge in [-0.2, -0.15) is 0 Å². The highest BCUT2D eigenvalue weighted by Gasteiger charge is 2.36. The van der Waals surface area contributed by atoms with Gasteiger partial charge in [-0.25, -0.2) is 0 Å². The molecule has 1 heterocycles. The fourth-order valence-corrected chi connectivity index (χ4v) is 2.79. The number of hydrogen-bond acceptors (Lipinski definition) is 5. The third kappa shape index (κ3) is 2.57. The maximum absolute atomic E-state index is 12.1. The van der Waals surface area contributed by atoms with E-state index in [-0.39, 0.29) is 21.9 Å². The molecule has 104 valence electrons. The molecule has 0 unspecified atom stereocenters. The molecule has 2 amide bonds. The highest BCUT2D eigenvalue weighted by Crippen LogP contribution is 2.34. The van der Waals surface area contributed by atoms with E-state index in [1.165, 1.54) is 12.1 Å². The van der Waals surface area contributed by atoms with Crippen LogP contribution in [0.2, 0.25) is 0 Å². The molecular weight excluding hydrogens is 280 g/mol. The van der Waals surface area contributed by atoms with Crippen LogP contribution in [0.25, 0.3) is 6.08 Å². The van der Waals surface area contributed by atoms with Crippen molar-refractivity contribution in [3.8, 4) is 0 Å². The van der Waals surface area contributed by atoms with Crippen molar-refractivity contribution in [3.63, 3.8) is 0 Å². The highest BCUT2D eigenvalue weighted by atomic mass is 32.2. The zero-order valence-electron chi connectivity index (χ0n) is 10.9. The predicted octanol–water partition coefficient (Wildman–Crippen LogP) is 3.04. The molecule has 1 saturated heterocycles. The van der Waals surface area contributed by atoms with Gasteiger partial charge in [0.1, 0.15) is 0 Å². The Bertz CT molecular complexity index is 625. The van der Waals surface area contributed by atoms with Crippen LogP contribution in [0, 0.1) is 10.1 Å². The first-order chi connectivity index (χ1) is 9.41. The Morgan fingerprint density at radius 2 is 1.95 bits per heavy atom. The molecular formula is C13H12N2O4S. The van der Waals surface area contributed by atoms with Crippen LogP contribution in [0.3, 0.4) is 0 Å². The van der Waals surface area contributed by atoms with E-state index in [4.69, 9.17) is 0 Å². The van der Waals surface area contributed by atoms with Gasteiger partial charge in [-0.1, -0.05) is 12.1 Å². The average Bonchev–Trinajstić information content (AvgIpc) is 2.64. The molecule has 6 nitrogen and oxygen atoms in total. The van der Waals surface area contributed by atoms with Crippen LogP contribution in [0.15, 0.2) is 29.2 Å². The third-order valence-electron chi connectivity index (χ3n) is 2.76. The van der Waals surface area contributed by atoms with Crippen LogP contribution in [0.4, 0.5) is 10.5 Å². The van der Waals surface area contributed by atoms with E-state index in [2.05, 4.69) is 0 Å². The number of para-hydroxylation sites is 1. The lowest BCUT2D eigenvalue weighted by Crippen LogP contribution is -2.34. The smallest absolute Gasteiger partial charge is 0.268 e. The number of amides is 2. The van der Waals surface area contributed by atoms with E-state index in [1.807, 2.05) is 0 Å². The van der Waals surface area contributed by atoms with Crippen molar-refractivity contribution >= 4 is 34.7 Å². The summed E-state index contributed by atoms with van der Waals surface area (Å²) in [6, 6.07) is 5.86. The number of benzene rings is 1. The lowest BCUT2D eigenvalue weighted by molar-refractivity contribution is -0.385. The quantitative estimate of drug-likeness (QED) is 0.486. The van der Waals surface area contributed by atoms with E-state index in [9.17, 15) is 19.7 Å². The van der Waals surface area contributed by atoms with Crippen molar-refractivity contribution in [3.05, 3.63) is 44.8 Å². The lowest BCUT2D eigenvalue weighted by Gasteiger charge is -2.16. The molecule has 0 saturated carbocycles. The molecule has 1 aliphatic rings. The Labute approximate surface area is 119 Å². The number of hydrogen-bond donors (Lipinski definition) is 0. The number of rotatable bonds is 3. The summed E-state index contributed by atoms with van der Waals surface area (Å²) >= 11 is 0.801. The summed E-state index contributed by atoms with van der Waals surface area (Å²) < 4.78 is 0. The Kier molecular flexibility index (Phi) is 3.89. The van der Waals surface area contributed by atoms with Gasteiger partial charge in [0.05, 0.1) is 15.4 Å². The minimum Gasteiger partial charge on any atom is -0.268 e. The van der Waals surface area contributed by atoms with Crippen LogP contribution >= 0.6 is 11.8 Å². The lowest BCUT2D eigenvalue weighted by atomic mass is 10.1. The minimum absolute atomic E-state index is 0.0937. The number of carbonyl (C=O) groups excluding carboxylic acids is 2. The largest absolute Gasteiger partial charge is 0.293 e. The van der Waals surface area contributed by atoms with Gasteiger partial charge in [-0.15, -0.1) is 0 Å². The molecule has 0 spiro atoms. The number of carbonyl (C=O) groups is 2. The van der Waals surface area contributed by atoms with Crippen molar-refractivity contribution in [2.45, 2.75) is 19.9 Å². The van der Waals surface area contributed by atoms with Gasteiger partial charge in [0.25, 0.3) is 16.8 Å². The molecule has 20 heavy (non-hydrogen) atoms. The van der Waals surface area contributed by atoms with E-state index < -0.39 is 10.8 Å². The van der Waals surface area contributed by atoms with E-state index in [0.717, 1.165) is 16.7 Å². The van der Waals surface area contributed by atoms with Crippen LogP contribution in [-0.4, -0.2) is 27.0 Å². The normalized spacial score (nSPS) is 17.4. The maximum atomic E-state index is 12.1. The second kappa shape index (κ2) is 5.46. The molecule has 0 bridgehead atoms. The molecule has 1 aromatic carbocycles. The average molecular weight is 292 g/mol. The Morgan fingerprint density at radius 3 is 2.50 bits per heavy atom. The Morgan fingerprint density at radius 1 is 1.30 bits per heavy atom. The molecule has 7 heteroatoms. The van der Waals surface area contributed by atoms with Gasteiger partial charge in [0.15, 0.2) is 0 Å². The fraction of sp³-hybridized carbons (Fsp3) is 0.231. The first-order valence-corrected chi connectivity index (χ1v) is 6.74. The zero-order chi connectivity index (χ0) is 14.9. The fourth-order valence-electron chi connectivity index (χ4n) is 1.84. The highest BCUT2D eigenvalue weighted by molar-refractivity contribution is 8.18. The molecule has 0 aliphatic carbocycles. The monoisotopic (exact) mass is 292 g/mol. The summed E-state index contributed by atoms with van der Waals surface area (Å²) in [5.74, 6) is -0.409. The first-order valence-electron chi connectivity index (χ1n) is 5.92. The molecule has 0 N–H and O–H groups in total. The van der Waals surface area contributed by atoms with Crippen molar-refractivity contribution in [1.82, 2.24) is 4.90 Å². The van der Waals surface area contributed by atoms with Crippen LogP contribution in [0.1, 0.15) is 19.4 Å². The van der Waals surface area contributed by atoms with Gasteiger partial charge >= 0.3 is 0 Å². The minimum atomic E-state index is -0.515. The van der Waals surface area contributed by atoms with Crippen molar-refractivity contribution in [2.24, 2.45) is 0 Å². The van der Waals surface area contributed by atoms with Crippen LogP contribution < -0.4 is 0 Å². The van der Waals surface area contributed by atoms with E-state index in [0.29, 0.717) is 5.56 Å². The summed E-state index contributed by atoms with van der Waals surface area (Å²) in [5.41, 5.74) is 0.218. The molecule has 0 aromatic heterocycles. The third-order valence-corrected chi connectivity index (χ3v) is 3.64. The van der Waals surface area contributed by atoms with Gasteiger partial charge in [0.2, 0.25) is 0 Å². The standard InChI is InChI=1S/C13H12N2O4S/c1-8(2)14-12(16)11(20-13(14)17)7-9-5-3-4-6-10(9)15(18)19/h3-8H,1-2H3/b11-7+. The Balaban J connectivity index is 2.41.